The zero-order chi connectivity index (χ0) is 9.64. The van der Waals surface area contributed by atoms with E-state index in [1.54, 1.807) is 11.3 Å². The van der Waals surface area contributed by atoms with Gasteiger partial charge in [0.15, 0.2) is 0 Å². The molecule has 1 saturated carbocycles. The highest BCUT2D eigenvalue weighted by Crippen LogP contribution is 2.32. The van der Waals surface area contributed by atoms with Gasteiger partial charge in [0.05, 0.1) is 11.2 Å². The van der Waals surface area contributed by atoms with Gasteiger partial charge >= 0.3 is 0 Å². The number of rotatable bonds is 7. The third-order valence-corrected chi connectivity index (χ3v) is 4.10. The predicted octanol–water partition coefficient (Wildman–Crippen LogP) is 2.38. The number of nitrogens with zero attached hydrogens (tertiary/aromatic N) is 1. The third kappa shape index (κ3) is 3.98. The minimum atomic E-state index is 0.924. The zero-order valence-electron chi connectivity index (χ0n) is 8.24. The molecule has 2 rings (SSSR count). The Morgan fingerprint density at radius 2 is 2.50 bits per heavy atom. The van der Waals surface area contributed by atoms with Gasteiger partial charge in [0.2, 0.25) is 0 Å². The predicted molar refractivity (Wildman–Crippen MR) is 63.9 cm³/mol. The Morgan fingerprint density at radius 1 is 1.57 bits per heavy atom. The number of thiazole rings is 1. The molecule has 0 unspecified atom stereocenters. The van der Waals surface area contributed by atoms with Crippen molar-refractivity contribution in [3.8, 4) is 0 Å². The van der Waals surface area contributed by atoms with Crippen LogP contribution >= 0.6 is 23.1 Å². The van der Waals surface area contributed by atoms with Crippen LogP contribution in [0.2, 0.25) is 0 Å². The van der Waals surface area contributed by atoms with Gasteiger partial charge in [-0.15, -0.1) is 11.3 Å². The average Bonchev–Trinajstić information content (AvgIpc) is 2.87. The molecule has 0 radical (unpaired) electrons. The van der Waals surface area contributed by atoms with Gasteiger partial charge in [0.1, 0.15) is 0 Å². The molecule has 14 heavy (non-hydrogen) atoms. The molecular formula is C10H16N2S2. The molecule has 0 amide bonds. The molecule has 1 N–H and O–H groups in total. The Kier molecular flexibility index (Phi) is 4.28. The summed E-state index contributed by atoms with van der Waals surface area (Å²) in [7, 11) is 0. The molecule has 4 heteroatoms. The molecule has 0 aromatic carbocycles. The van der Waals surface area contributed by atoms with Gasteiger partial charge in [-0.2, -0.15) is 11.8 Å². The second-order valence-corrected chi connectivity index (χ2v) is 5.54. The molecule has 0 aliphatic heterocycles. The molecule has 1 aromatic rings. The first kappa shape index (κ1) is 10.5. The van der Waals surface area contributed by atoms with Gasteiger partial charge in [-0.3, -0.25) is 0 Å². The summed E-state index contributed by atoms with van der Waals surface area (Å²) in [5.74, 6) is 3.66. The number of aromatic nitrogens is 1. The summed E-state index contributed by atoms with van der Waals surface area (Å²) in [5.41, 5.74) is 3.06. The number of thioether (sulfide) groups is 1. The van der Waals surface area contributed by atoms with Crippen LogP contribution in [0.3, 0.4) is 0 Å². The van der Waals surface area contributed by atoms with Gasteiger partial charge < -0.3 is 5.32 Å². The molecule has 1 aliphatic carbocycles. The van der Waals surface area contributed by atoms with Crippen LogP contribution in [0.25, 0.3) is 0 Å². The largest absolute Gasteiger partial charge is 0.310 e. The van der Waals surface area contributed by atoms with Crippen molar-refractivity contribution in [1.82, 2.24) is 10.3 Å². The van der Waals surface area contributed by atoms with E-state index in [4.69, 9.17) is 0 Å². The lowest BCUT2D eigenvalue weighted by Crippen LogP contribution is -2.16. The monoisotopic (exact) mass is 228 g/mol. The quantitative estimate of drug-likeness (QED) is 0.725. The second kappa shape index (κ2) is 5.73. The van der Waals surface area contributed by atoms with E-state index >= 15 is 0 Å². The van der Waals surface area contributed by atoms with E-state index in [-0.39, 0.29) is 0 Å². The van der Waals surface area contributed by atoms with Crippen LogP contribution in [0, 0.1) is 5.92 Å². The van der Waals surface area contributed by atoms with E-state index in [1.807, 2.05) is 5.51 Å². The van der Waals surface area contributed by atoms with Gasteiger partial charge in [-0.25, -0.2) is 4.98 Å². The fourth-order valence-electron chi connectivity index (χ4n) is 1.22. The van der Waals surface area contributed by atoms with E-state index in [9.17, 15) is 0 Å². The highest BCUT2D eigenvalue weighted by Gasteiger charge is 2.20. The van der Waals surface area contributed by atoms with Gasteiger partial charge in [0, 0.05) is 24.2 Å². The van der Waals surface area contributed by atoms with Crippen molar-refractivity contribution in [2.75, 3.05) is 18.1 Å². The fraction of sp³-hybridized carbons (Fsp3) is 0.700. The minimum absolute atomic E-state index is 0.924. The first-order valence-corrected chi connectivity index (χ1v) is 7.20. The fourth-order valence-corrected chi connectivity index (χ4v) is 2.90. The van der Waals surface area contributed by atoms with Crippen molar-refractivity contribution in [2.24, 2.45) is 5.92 Å². The number of hydrogen-bond donors (Lipinski definition) is 1. The van der Waals surface area contributed by atoms with Crippen LogP contribution in [-0.4, -0.2) is 23.0 Å². The van der Waals surface area contributed by atoms with Crippen molar-refractivity contribution in [3.05, 3.63) is 16.6 Å². The summed E-state index contributed by atoms with van der Waals surface area (Å²) in [6, 6.07) is 0. The molecule has 2 nitrogen and oxygen atoms in total. The SMILES string of the molecule is c1nc(CNCCSCC2CC2)cs1. The molecule has 1 aliphatic rings. The van der Waals surface area contributed by atoms with E-state index in [0.717, 1.165) is 19.0 Å². The Balaban J connectivity index is 1.43. The lowest BCUT2D eigenvalue weighted by atomic mass is 10.5. The summed E-state index contributed by atoms with van der Waals surface area (Å²) in [6.45, 7) is 2.03. The Labute approximate surface area is 93.5 Å². The molecule has 78 valence electrons. The van der Waals surface area contributed by atoms with Crippen LogP contribution in [0.15, 0.2) is 10.9 Å². The zero-order valence-corrected chi connectivity index (χ0v) is 9.87. The summed E-state index contributed by atoms with van der Waals surface area (Å²) in [4.78, 5) is 4.22. The lowest BCUT2D eigenvalue weighted by molar-refractivity contribution is 0.719. The first-order chi connectivity index (χ1) is 6.95. The molecule has 1 aromatic heterocycles. The van der Waals surface area contributed by atoms with Crippen LogP contribution in [0.5, 0.6) is 0 Å². The number of hydrogen-bond acceptors (Lipinski definition) is 4. The van der Waals surface area contributed by atoms with Gasteiger partial charge in [-0.05, 0) is 24.5 Å². The van der Waals surface area contributed by atoms with Crippen LogP contribution in [0.4, 0.5) is 0 Å². The van der Waals surface area contributed by atoms with Crippen molar-refractivity contribution >= 4 is 23.1 Å². The van der Waals surface area contributed by atoms with E-state index in [1.165, 1.54) is 30.0 Å². The Bertz CT molecular complexity index is 245. The van der Waals surface area contributed by atoms with Crippen LogP contribution in [-0.2, 0) is 6.54 Å². The average molecular weight is 228 g/mol. The number of nitrogens with one attached hydrogen (secondary N) is 1. The van der Waals surface area contributed by atoms with Crippen molar-refractivity contribution in [2.45, 2.75) is 19.4 Å². The highest BCUT2D eigenvalue weighted by molar-refractivity contribution is 7.99. The summed E-state index contributed by atoms with van der Waals surface area (Å²) in [6.07, 6.45) is 2.94. The summed E-state index contributed by atoms with van der Waals surface area (Å²) in [5, 5.41) is 5.51. The van der Waals surface area contributed by atoms with E-state index in [0.29, 0.717) is 0 Å². The maximum atomic E-state index is 4.22. The Hall–Kier alpha value is -0.0600. The maximum absolute atomic E-state index is 4.22. The molecule has 0 atom stereocenters. The smallest absolute Gasteiger partial charge is 0.0795 e. The third-order valence-electron chi connectivity index (χ3n) is 2.26. The minimum Gasteiger partial charge on any atom is -0.310 e. The molecule has 1 fully saturated rings. The van der Waals surface area contributed by atoms with Crippen LogP contribution in [0.1, 0.15) is 18.5 Å². The van der Waals surface area contributed by atoms with Crippen molar-refractivity contribution in [1.29, 1.82) is 0 Å². The normalized spacial score (nSPS) is 16.0. The maximum Gasteiger partial charge on any atom is 0.0795 e. The molecular weight excluding hydrogens is 212 g/mol. The highest BCUT2D eigenvalue weighted by atomic mass is 32.2. The van der Waals surface area contributed by atoms with Gasteiger partial charge in [0.25, 0.3) is 0 Å². The summed E-state index contributed by atoms with van der Waals surface area (Å²) < 4.78 is 0. The van der Waals surface area contributed by atoms with Gasteiger partial charge in [-0.1, -0.05) is 0 Å². The topological polar surface area (TPSA) is 24.9 Å². The Morgan fingerprint density at radius 3 is 3.21 bits per heavy atom. The first-order valence-electron chi connectivity index (χ1n) is 5.10. The lowest BCUT2D eigenvalue weighted by Gasteiger charge is -2.02. The van der Waals surface area contributed by atoms with E-state index < -0.39 is 0 Å². The molecule has 0 saturated heterocycles. The molecule has 1 heterocycles. The standard InChI is InChI=1S/C10H16N2S2/c1-2-9(1)6-13-4-3-11-5-10-7-14-8-12-10/h7-9,11H,1-6H2. The van der Waals surface area contributed by atoms with Crippen molar-refractivity contribution < 1.29 is 0 Å². The van der Waals surface area contributed by atoms with Crippen molar-refractivity contribution in [3.63, 3.8) is 0 Å². The van der Waals surface area contributed by atoms with E-state index in [2.05, 4.69) is 27.4 Å². The summed E-state index contributed by atoms with van der Waals surface area (Å²) >= 11 is 3.74. The molecule has 0 spiro atoms. The molecule has 0 bridgehead atoms. The second-order valence-electron chi connectivity index (χ2n) is 3.67. The van der Waals surface area contributed by atoms with Crippen LogP contribution < -0.4 is 5.32 Å².